The summed E-state index contributed by atoms with van der Waals surface area (Å²) in [6, 6.07) is 2.12. The quantitative estimate of drug-likeness (QED) is 0.653. The van der Waals surface area contributed by atoms with Gasteiger partial charge in [-0.2, -0.15) is 5.26 Å². The number of nitriles is 1. The molecule has 0 unspecified atom stereocenters. The normalized spacial score (nSPS) is 21.4. The second kappa shape index (κ2) is 9.47. The monoisotopic (exact) mass is 432 g/mol. The maximum atomic E-state index is 13.1. The Bertz CT molecular complexity index is 942. The van der Waals surface area contributed by atoms with E-state index in [2.05, 4.69) is 31.3 Å². The van der Waals surface area contributed by atoms with Gasteiger partial charge in [0.1, 0.15) is 12.4 Å². The van der Waals surface area contributed by atoms with E-state index >= 15 is 0 Å². The highest BCUT2D eigenvalue weighted by Gasteiger charge is 2.30. The third kappa shape index (κ3) is 6.79. The number of ether oxygens (including phenoxy) is 1. The number of alkyl halides is 2. The van der Waals surface area contributed by atoms with E-state index in [9.17, 15) is 19.1 Å². The summed E-state index contributed by atoms with van der Waals surface area (Å²) in [4.78, 5) is 16.5. The number of halogens is 2. The molecule has 0 spiro atoms. The number of nitrogens with one attached hydrogen (secondary N) is 1. The molecule has 2 N–H and O–H groups in total. The van der Waals surface area contributed by atoms with Gasteiger partial charge in [0, 0.05) is 19.7 Å². The molecule has 0 radical (unpaired) electrons. The molecule has 8 nitrogen and oxygen atoms in total. The van der Waals surface area contributed by atoms with Crippen LogP contribution in [0.5, 0.6) is 5.88 Å². The Morgan fingerprint density at radius 1 is 1.39 bits per heavy atom. The molecule has 166 valence electrons. The number of nitrogens with zero attached hydrogens (tertiary/aromatic N) is 5. The fourth-order valence-electron chi connectivity index (χ4n) is 3.76. The van der Waals surface area contributed by atoms with Crippen molar-refractivity contribution < 1.29 is 18.6 Å². The molecule has 2 heterocycles. The summed E-state index contributed by atoms with van der Waals surface area (Å²) in [5, 5.41) is 22.8. The van der Waals surface area contributed by atoms with Crippen molar-refractivity contribution in [2.45, 2.75) is 64.0 Å². The summed E-state index contributed by atoms with van der Waals surface area (Å²) in [5.41, 5.74) is 0.801. The number of hydrogen-bond acceptors (Lipinski definition) is 8. The average molecular weight is 432 g/mol. The molecule has 2 aromatic rings. The lowest BCUT2D eigenvalue weighted by molar-refractivity contribution is -0.0245. The SMILES string of the molecule is CC(F)(F)COc1ncncc1CNc1ncc(C#N)c(C[C@@H]2CCC[C@@](C)(O)C2)n1. The molecule has 0 amide bonds. The van der Waals surface area contributed by atoms with Crippen LogP contribution < -0.4 is 10.1 Å². The lowest BCUT2D eigenvalue weighted by atomic mass is 9.77. The Hall–Kier alpha value is -2.93. The van der Waals surface area contributed by atoms with E-state index in [1.54, 1.807) is 0 Å². The molecule has 0 bridgehead atoms. The van der Waals surface area contributed by atoms with Crippen molar-refractivity contribution in [3.8, 4) is 11.9 Å². The highest BCUT2D eigenvalue weighted by molar-refractivity contribution is 5.38. The highest BCUT2D eigenvalue weighted by atomic mass is 19.3. The fourth-order valence-corrected chi connectivity index (χ4v) is 3.76. The molecule has 31 heavy (non-hydrogen) atoms. The minimum Gasteiger partial charge on any atom is -0.471 e. The summed E-state index contributed by atoms with van der Waals surface area (Å²) in [6.45, 7) is 1.98. The molecule has 0 aromatic carbocycles. The molecular formula is C21H26F2N6O2. The van der Waals surface area contributed by atoms with E-state index < -0.39 is 18.1 Å². The first-order valence-corrected chi connectivity index (χ1v) is 10.2. The second-order valence-electron chi connectivity index (χ2n) is 8.39. The van der Waals surface area contributed by atoms with Crippen LogP contribution in [0.25, 0.3) is 0 Å². The lowest BCUT2D eigenvalue weighted by Gasteiger charge is -2.33. The Labute approximate surface area is 179 Å². The van der Waals surface area contributed by atoms with Crippen LogP contribution in [0.2, 0.25) is 0 Å². The molecule has 2 aromatic heterocycles. The summed E-state index contributed by atoms with van der Waals surface area (Å²) in [7, 11) is 0. The van der Waals surface area contributed by atoms with Gasteiger partial charge in [0.05, 0.1) is 28.6 Å². The van der Waals surface area contributed by atoms with Crippen LogP contribution >= 0.6 is 0 Å². The van der Waals surface area contributed by atoms with Crippen LogP contribution in [-0.2, 0) is 13.0 Å². The predicted octanol–water partition coefficient (Wildman–Crippen LogP) is 3.27. The first-order chi connectivity index (χ1) is 14.6. The average Bonchev–Trinajstić information content (AvgIpc) is 2.70. The zero-order valence-electron chi connectivity index (χ0n) is 17.6. The topological polar surface area (TPSA) is 117 Å². The molecule has 1 aliphatic carbocycles. The Balaban J connectivity index is 1.69. The maximum absolute atomic E-state index is 13.1. The summed E-state index contributed by atoms with van der Waals surface area (Å²) in [6.07, 6.45) is 8.07. The number of hydrogen-bond donors (Lipinski definition) is 2. The highest BCUT2D eigenvalue weighted by Crippen LogP contribution is 2.34. The van der Waals surface area contributed by atoms with Gasteiger partial charge < -0.3 is 15.2 Å². The van der Waals surface area contributed by atoms with Gasteiger partial charge >= 0.3 is 0 Å². The van der Waals surface area contributed by atoms with Crippen LogP contribution in [0.15, 0.2) is 18.7 Å². The molecule has 3 rings (SSSR count). The van der Waals surface area contributed by atoms with Crippen molar-refractivity contribution in [1.29, 1.82) is 5.26 Å². The third-order valence-electron chi connectivity index (χ3n) is 5.17. The number of rotatable bonds is 8. The Kier molecular flexibility index (Phi) is 6.95. The van der Waals surface area contributed by atoms with E-state index in [0.29, 0.717) is 35.6 Å². The van der Waals surface area contributed by atoms with Crippen LogP contribution in [-0.4, -0.2) is 43.2 Å². The molecule has 0 saturated heterocycles. The first-order valence-electron chi connectivity index (χ1n) is 10.2. The van der Waals surface area contributed by atoms with Crippen LogP contribution in [0.1, 0.15) is 56.4 Å². The molecular weight excluding hydrogens is 406 g/mol. The van der Waals surface area contributed by atoms with Gasteiger partial charge in [0.15, 0.2) is 6.61 Å². The summed E-state index contributed by atoms with van der Waals surface area (Å²) in [5.74, 6) is -2.39. The van der Waals surface area contributed by atoms with Crippen molar-refractivity contribution in [1.82, 2.24) is 19.9 Å². The zero-order chi connectivity index (χ0) is 22.5. The van der Waals surface area contributed by atoms with Gasteiger partial charge in [0.25, 0.3) is 5.92 Å². The van der Waals surface area contributed by atoms with Gasteiger partial charge in [-0.05, 0) is 38.5 Å². The number of anilines is 1. The summed E-state index contributed by atoms with van der Waals surface area (Å²) < 4.78 is 31.3. The maximum Gasteiger partial charge on any atom is 0.278 e. The molecule has 2 atom stereocenters. The molecule has 1 saturated carbocycles. The largest absolute Gasteiger partial charge is 0.471 e. The van der Waals surface area contributed by atoms with E-state index in [-0.39, 0.29) is 18.3 Å². The standard InChI is InChI=1S/C21H26F2N6O2/c1-20(30)5-3-4-14(7-20)6-17-15(8-24)10-26-19(29-17)27-11-16-9-25-13-28-18(16)31-12-21(2,22)23/h9-10,13-14,30H,3-7,11-12H2,1-2H3,(H,26,27,29)/t14-,20+/m0/s1. The number of aromatic nitrogens is 4. The van der Waals surface area contributed by atoms with Crippen LogP contribution in [0, 0.1) is 17.2 Å². The molecule has 1 aliphatic rings. The minimum atomic E-state index is -2.98. The van der Waals surface area contributed by atoms with Gasteiger partial charge in [-0.15, -0.1) is 0 Å². The Morgan fingerprint density at radius 2 is 2.19 bits per heavy atom. The predicted molar refractivity (Wildman–Crippen MR) is 109 cm³/mol. The third-order valence-corrected chi connectivity index (χ3v) is 5.17. The van der Waals surface area contributed by atoms with Gasteiger partial charge in [0.2, 0.25) is 11.8 Å². The minimum absolute atomic E-state index is 0.0577. The Morgan fingerprint density at radius 3 is 2.90 bits per heavy atom. The van der Waals surface area contributed by atoms with E-state index in [0.717, 1.165) is 26.2 Å². The first kappa shape index (κ1) is 22.7. The summed E-state index contributed by atoms with van der Waals surface area (Å²) >= 11 is 0. The van der Waals surface area contributed by atoms with E-state index in [4.69, 9.17) is 4.74 Å². The second-order valence-corrected chi connectivity index (χ2v) is 8.39. The van der Waals surface area contributed by atoms with Gasteiger partial charge in [-0.3, -0.25) is 0 Å². The van der Waals surface area contributed by atoms with E-state index in [1.165, 1.54) is 18.7 Å². The van der Waals surface area contributed by atoms with Crippen LogP contribution in [0.3, 0.4) is 0 Å². The molecule has 0 aliphatic heterocycles. The smallest absolute Gasteiger partial charge is 0.278 e. The van der Waals surface area contributed by atoms with Crippen LogP contribution in [0.4, 0.5) is 14.7 Å². The van der Waals surface area contributed by atoms with Gasteiger partial charge in [-0.1, -0.05) is 6.42 Å². The van der Waals surface area contributed by atoms with Crippen molar-refractivity contribution in [3.63, 3.8) is 0 Å². The van der Waals surface area contributed by atoms with Crippen molar-refractivity contribution in [2.75, 3.05) is 11.9 Å². The molecule has 10 heteroatoms. The zero-order valence-corrected chi connectivity index (χ0v) is 17.6. The van der Waals surface area contributed by atoms with Crippen molar-refractivity contribution in [3.05, 3.63) is 35.5 Å². The number of aliphatic hydroxyl groups is 1. The van der Waals surface area contributed by atoms with Crippen molar-refractivity contribution >= 4 is 5.95 Å². The van der Waals surface area contributed by atoms with Gasteiger partial charge in [-0.25, -0.2) is 28.7 Å². The van der Waals surface area contributed by atoms with Crippen molar-refractivity contribution in [2.24, 2.45) is 5.92 Å². The fraction of sp³-hybridized carbons (Fsp3) is 0.571. The lowest BCUT2D eigenvalue weighted by Crippen LogP contribution is -2.32. The molecule has 1 fully saturated rings. The van der Waals surface area contributed by atoms with E-state index in [1.807, 2.05) is 6.92 Å².